The quantitative estimate of drug-likeness (QED) is 0.437. The summed E-state index contributed by atoms with van der Waals surface area (Å²) < 4.78 is 0. The Morgan fingerprint density at radius 3 is 1.63 bits per heavy atom. The Kier molecular flexibility index (Phi) is 22.7. The van der Waals surface area contributed by atoms with Crippen LogP contribution in [0.25, 0.3) is 0 Å². The van der Waals surface area contributed by atoms with E-state index in [9.17, 15) is 14.7 Å². The molecule has 2 fully saturated rings. The Labute approximate surface area is 235 Å². The van der Waals surface area contributed by atoms with Gasteiger partial charge in [0.15, 0.2) is 5.12 Å². The Morgan fingerprint density at radius 2 is 1.37 bits per heavy atom. The molecule has 0 bridgehead atoms. The van der Waals surface area contributed by atoms with E-state index in [4.69, 9.17) is 5.11 Å². The first-order chi connectivity index (χ1) is 13.6. The van der Waals surface area contributed by atoms with E-state index in [1.54, 1.807) is 0 Å². The fraction of sp³-hybridized carbons (Fsp3) is 0.864. The van der Waals surface area contributed by atoms with E-state index in [-0.39, 0.29) is 61.6 Å². The van der Waals surface area contributed by atoms with E-state index in [0.717, 1.165) is 23.8 Å². The van der Waals surface area contributed by atoms with Gasteiger partial charge in [0, 0.05) is 19.0 Å². The van der Waals surface area contributed by atoms with Gasteiger partial charge in [0.1, 0.15) is 5.25 Å². The number of carbonyl (C=O) groups excluding carboxylic acids is 1. The topological polar surface area (TPSA) is 89.5 Å². The smallest absolute Gasteiger partial charge is 0.868 e. The van der Waals surface area contributed by atoms with E-state index in [1.807, 2.05) is 13.8 Å². The molecule has 0 aromatic rings. The summed E-state index contributed by atoms with van der Waals surface area (Å²) in [5.74, 6) is -0.596. The second-order valence-corrected chi connectivity index (χ2v) is 10.3. The fourth-order valence-corrected chi connectivity index (χ4v) is 4.68. The van der Waals surface area contributed by atoms with Gasteiger partial charge >= 0.3 is 57.4 Å². The first-order valence-corrected chi connectivity index (χ1v) is 12.2. The molecule has 0 heterocycles. The number of hydrogen-bond acceptors (Lipinski definition) is 6. The maximum atomic E-state index is 10.6. The largest absolute Gasteiger partial charge is 1.00 e. The monoisotopic (exact) mass is 485 g/mol. The van der Waals surface area contributed by atoms with Gasteiger partial charge in [-0.3, -0.25) is 9.59 Å². The van der Waals surface area contributed by atoms with Crippen LogP contribution in [0.5, 0.6) is 0 Å². The van der Waals surface area contributed by atoms with Gasteiger partial charge in [-0.2, -0.15) is 0 Å². The van der Waals surface area contributed by atoms with Gasteiger partial charge in [0.25, 0.3) is 0 Å². The SMILES string of the molecule is C1CCC(NC2CCCCC2)CC1.CC(=O)S[C@@H](CC(C)C)C(=O)O.CC([O-])=S.[K+]. The van der Waals surface area contributed by atoms with Gasteiger partial charge in [0.05, 0.1) is 0 Å². The van der Waals surface area contributed by atoms with Crippen LogP contribution in [-0.4, -0.2) is 38.6 Å². The molecule has 2 aliphatic carbocycles. The number of carbonyl (C=O) groups is 2. The zero-order valence-electron chi connectivity index (χ0n) is 19.6. The molecule has 0 amide bonds. The van der Waals surface area contributed by atoms with Crippen LogP contribution in [0.4, 0.5) is 0 Å². The molecule has 0 unspecified atom stereocenters. The summed E-state index contributed by atoms with van der Waals surface area (Å²) in [4.78, 5) is 21.2. The van der Waals surface area contributed by atoms with Crippen molar-refractivity contribution in [3.63, 3.8) is 0 Å². The number of thiocarbonyl (C=S) groups is 1. The van der Waals surface area contributed by atoms with Crippen LogP contribution in [0.2, 0.25) is 0 Å². The van der Waals surface area contributed by atoms with Crippen LogP contribution in [0.15, 0.2) is 0 Å². The van der Waals surface area contributed by atoms with Crippen LogP contribution in [0.1, 0.15) is 98.3 Å². The van der Waals surface area contributed by atoms with Crippen molar-refractivity contribution in [3.8, 4) is 0 Å². The van der Waals surface area contributed by atoms with Crippen molar-refractivity contribution in [2.75, 3.05) is 0 Å². The molecule has 0 aromatic heterocycles. The van der Waals surface area contributed by atoms with E-state index < -0.39 is 11.2 Å². The molecule has 1 atom stereocenters. The molecule has 8 heteroatoms. The maximum absolute atomic E-state index is 10.6. The van der Waals surface area contributed by atoms with Gasteiger partial charge in [0.2, 0.25) is 0 Å². The van der Waals surface area contributed by atoms with Crippen LogP contribution in [0.3, 0.4) is 0 Å². The summed E-state index contributed by atoms with van der Waals surface area (Å²) in [5, 5.41) is 20.8. The normalized spacial score (nSPS) is 18.0. The van der Waals surface area contributed by atoms with Crippen molar-refractivity contribution in [1.29, 1.82) is 0 Å². The molecule has 0 spiro atoms. The number of thioether (sulfide) groups is 1. The molecular weight excluding hydrogens is 445 g/mol. The van der Waals surface area contributed by atoms with Crippen LogP contribution >= 0.6 is 24.0 Å². The minimum Gasteiger partial charge on any atom is -0.868 e. The number of nitrogens with one attached hydrogen (secondary N) is 1. The van der Waals surface area contributed by atoms with Gasteiger partial charge < -0.3 is 15.5 Å². The average molecular weight is 486 g/mol. The Morgan fingerprint density at radius 1 is 1.00 bits per heavy atom. The zero-order chi connectivity index (χ0) is 22.2. The van der Waals surface area contributed by atoms with Crippen molar-refractivity contribution in [1.82, 2.24) is 5.32 Å². The Bertz CT molecular complexity index is 460. The fourth-order valence-electron chi connectivity index (χ4n) is 3.70. The molecular formula is C22H40KNO4S2. The van der Waals surface area contributed by atoms with E-state index in [1.165, 1.54) is 78.1 Å². The predicted molar refractivity (Wildman–Crippen MR) is 124 cm³/mol. The van der Waals surface area contributed by atoms with Crippen LogP contribution in [0, 0.1) is 5.92 Å². The zero-order valence-corrected chi connectivity index (χ0v) is 24.3. The second kappa shape index (κ2) is 20.6. The molecule has 0 radical (unpaired) electrons. The molecule has 0 aliphatic heterocycles. The third-order valence-electron chi connectivity index (χ3n) is 4.95. The van der Waals surface area contributed by atoms with Gasteiger partial charge in [-0.05, 0) is 44.9 Å². The van der Waals surface area contributed by atoms with Crippen LogP contribution in [-0.2, 0) is 9.59 Å². The molecule has 170 valence electrons. The molecule has 30 heavy (non-hydrogen) atoms. The molecule has 0 aromatic carbocycles. The van der Waals surface area contributed by atoms with Gasteiger partial charge in [-0.1, -0.05) is 69.2 Å². The summed E-state index contributed by atoms with van der Waals surface area (Å²) >= 11 is 4.88. The minimum absolute atomic E-state index is 0. The number of hydrogen-bond donors (Lipinski definition) is 2. The molecule has 5 nitrogen and oxygen atoms in total. The minimum atomic E-state index is -0.899. The molecule has 0 saturated heterocycles. The molecule has 2 saturated carbocycles. The standard InChI is InChI=1S/C12H23N.C8H14O3S.C2H4OS.K/c1-3-7-11(8-4-1)13-12-9-5-2-6-10-12;1-5(2)4-7(8(10)11)12-6(3)9;1-2(3)4;/h11-13H,1-10H2;5,7H,4H2,1-3H3,(H,10,11);1H3,(H,3,4);/q;;;+1/p-1/t;7-;;/m.0../s1. The van der Waals surface area contributed by atoms with Crippen molar-refractivity contribution in [2.24, 2.45) is 5.92 Å². The van der Waals surface area contributed by atoms with Crippen molar-refractivity contribution in [3.05, 3.63) is 0 Å². The van der Waals surface area contributed by atoms with E-state index in [2.05, 4.69) is 17.5 Å². The van der Waals surface area contributed by atoms with Crippen molar-refractivity contribution in [2.45, 2.75) is 116 Å². The van der Waals surface area contributed by atoms with Crippen molar-refractivity contribution >= 4 is 40.1 Å². The summed E-state index contributed by atoms with van der Waals surface area (Å²) in [6, 6.07) is 1.74. The molecule has 2 N–H and O–H groups in total. The molecule has 2 aliphatic rings. The van der Waals surface area contributed by atoms with E-state index in [0.29, 0.717) is 12.3 Å². The van der Waals surface area contributed by atoms with Crippen molar-refractivity contribution < 1.29 is 71.2 Å². The van der Waals surface area contributed by atoms with Gasteiger partial charge in [-0.25, -0.2) is 0 Å². The predicted octanol–water partition coefficient (Wildman–Crippen LogP) is 1.70. The Hall–Kier alpha value is 0.976. The summed E-state index contributed by atoms with van der Waals surface area (Å²) in [6.45, 7) is 6.61. The summed E-state index contributed by atoms with van der Waals surface area (Å²) in [6.07, 6.45) is 15.1. The number of rotatable bonds is 6. The summed E-state index contributed by atoms with van der Waals surface area (Å²) in [5.41, 5.74) is 0. The first-order valence-electron chi connectivity index (χ1n) is 11.0. The van der Waals surface area contributed by atoms with Crippen LogP contribution < -0.4 is 61.8 Å². The summed E-state index contributed by atoms with van der Waals surface area (Å²) in [7, 11) is 0. The maximum Gasteiger partial charge on any atom is 1.00 e. The third kappa shape index (κ3) is 20.9. The average Bonchev–Trinajstić information content (AvgIpc) is 2.62. The van der Waals surface area contributed by atoms with E-state index >= 15 is 0 Å². The first kappa shape index (κ1) is 33.2. The third-order valence-corrected chi connectivity index (χ3v) is 5.96. The number of aliphatic carboxylic acids is 1. The number of carboxylic acids is 1. The second-order valence-electron chi connectivity index (χ2n) is 8.39. The molecule has 2 rings (SSSR count). The Balaban J connectivity index is 0. The van der Waals surface area contributed by atoms with Gasteiger partial charge in [-0.15, -0.1) is 12.2 Å². The number of carboxylic acid groups (broad SMARTS) is 1.